The standard InChI is InChI=1S/C12H15NO2/c1-3-12(5-10(15)6-12)11-4-9(14)7-13-8(11)2/h4,7,14H,3,5-6H2,1-2H3. The van der Waals surface area contributed by atoms with Crippen molar-refractivity contribution in [1.29, 1.82) is 0 Å². The maximum absolute atomic E-state index is 11.2. The van der Waals surface area contributed by atoms with Crippen LogP contribution in [-0.2, 0) is 10.2 Å². The Balaban J connectivity index is 2.43. The minimum atomic E-state index is -0.0626. The van der Waals surface area contributed by atoms with Gasteiger partial charge in [0.1, 0.15) is 11.5 Å². The van der Waals surface area contributed by atoms with Crippen LogP contribution >= 0.6 is 0 Å². The number of aryl methyl sites for hydroxylation is 1. The van der Waals surface area contributed by atoms with E-state index in [9.17, 15) is 9.90 Å². The summed E-state index contributed by atoms with van der Waals surface area (Å²) in [5.41, 5.74) is 1.89. The van der Waals surface area contributed by atoms with Crippen LogP contribution in [0.2, 0.25) is 0 Å². The third-order valence-electron chi connectivity index (χ3n) is 3.39. The molecule has 1 aliphatic carbocycles. The number of hydrogen-bond donors (Lipinski definition) is 1. The molecular weight excluding hydrogens is 190 g/mol. The first-order chi connectivity index (χ1) is 7.07. The highest BCUT2D eigenvalue weighted by atomic mass is 16.3. The fourth-order valence-electron chi connectivity index (χ4n) is 2.39. The lowest BCUT2D eigenvalue weighted by atomic mass is 9.62. The highest BCUT2D eigenvalue weighted by Crippen LogP contribution is 2.45. The molecule has 3 nitrogen and oxygen atoms in total. The number of Topliss-reactive ketones (excluding diaryl/α,β-unsaturated/α-hetero) is 1. The second-order valence-electron chi connectivity index (χ2n) is 4.35. The van der Waals surface area contributed by atoms with Gasteiger partial charge in [-0.1, -0.05) is 6.92 Å². The molecule has 0 atom stereocenters. The van der Waals surface area contributed by atoms with Gasteiger partial charge in [0.2, 0.25) is 0 Å². The summed E-state index contributed by atoms with van der Waals surface area (Å²) in [6.45, 7) is 4.00. The molecular formula is C12H15NO2. The van der Waals surface area contributed by atoms with Crippen molar-refractivity contribution < 1.29 is 9.90 Å². The van der Waals surface area contributed by atoms with Crippen LogP contribution in [0, 0.1) is 6.92 Å². The van der Waals surface area contributed by atoms with Gasteiger partial charge in [-0.2, -0.15) is 0 Å². The van der Waals surface area contributed by atoms with E-state index in [-0.39, 0.29) is 11.2 Å². The van der Waals surface area contributed by atoms with Crippen LogP contribution < -0.4 is 0 Å². The van der Waals surface area contributed by atoms with Crippen molar-refractivity contribution in [2.24, 2.45) is 0 Å². The molecule has 1 saturated carbocycles. The van der Waals surface area contributed by atoms with Crippen LogP contribution in [0.15, 0.2) is 12.3 Å². The number of carbonyl (C=O) groups is 1. The van der Waals surface area contributed by atoms with Crippen LogP contribution in [0.25, 0.3) is 0 Å². The quantitative estimate of drug-likeness (QED) is 0.804. The van der Waals surface area contributed by atoms with Crippen molar-refractivity contribution in [2.45, 2.75) is 38.5 Å². The summed E-state index contributed by atoms with van der Waals surface area (Å²) in [6, 6.07) is 1.75. The van der Waals surface area contributed by atoms with Gasteiger partial charge in [-0.25, -0.2) is 0 Å². The molecule has 0 saturated heterocycles. The van der Waals surface area contributed by atoms with Gasteiger partial charge in [-0.15, -0.1) is 0 Å². The molecule has 0 spiro atoms. The third kappa shape index (κ3) is 1.52. The van der Waals surface area contributed by atoms with Gasteiger partial charge < -0.3 is 5.11 Å². The van der Waals surface area contributed by atoms with E-state index in [2.05, 4.69) is 11.9 Å². The number of nitrogens with zero attached hydrogens (tertiary/aromatic N) is 1. The maximum atomic E-state index is 11.2. The van der Waals surface area contributed by atoms with E-state index in [4.69, 9.17) is 0 Å². The zero-order valence-corrected chi connectivity index (χ0v) is 9.08. The summed E-state index contributed by atoms with van der Waals surface area (Å²) >= 11 is 0. The zero-order chi connectivity index (χ0) is 11.1. The van der Waals surface area contributed by atoms with Crippen molar-refractivity contribution in [2.75, 3.05) is 0 Å². The predicted octanol–water partition coefficient (Wildman–Crippen LogP) is 2.11. The van der Waals surface area contributed by atoms with Crippen LogP contribution in [0.1, 0.15) is 37.4 Å². The molecule has 0 bridgehead atoms. The normalized spacial score (nSPS) is 18.7. The Kier molecular flexibility index (Phi) is 2.25. The lowest BCUT2D eigenvalue weighted by Gasteiger charge is -2.40. The third-order valence-corrected chi connectivity index (χ3v) is 3.39. The summed E-state index contributed by atoms with van der Waals surface area (Å²) in [5, 5.41) is 9.43. The van der Waals surface area contributed by atoms with E-state index in [0.29, 0.717) is 18.6 Å². The molecule has 1 aliphatic rings. The Morgan fingerprint density at radius 3 is 2.73 bits per heavy atom. The van der Waals surface area contributed by atoms with Gasteiger partial charge in [0, 0.05) is 24.0 Å². The van der Waals surface area contributed by atoms with Crippen LogP contribution in [0.5, 0.6) is 5.75 Å². The van der Waals surface area contributed by atoms with Crippen molar-refractivity contribution in [1.82, 2.24) is 4.98 Å². The second-order valence-corrected chi connectivity index (χ2v) is 4.35. The van der Waals surface area contributed by atoms with Gasteiger partial charge in [0.15, 0.2) is 0 Å². The number of rotatable bonds is 2. The lowest BCUT2D eigenvalue weighted by molar-refractivity contribution is -0.128. The van der Waals surface area contributed by atoms with Gasteiger partial charge in [-0.3, -0.25) is 9.78 Å². The van der Waals surface area contributed by atoms with Crippen molar-refractivity contribution >= 4 is 5.78 Å². The molecule has 1 fully saturated rings. The number of aromatic hydroxyl groups is 1. The molecule has 0 unspecified atom stereocenters. The fraction of sp³-hybridized carbons (Fsp3) is 0.500. The van der Waals surface area contributed by atoms with E-state index in [1.807, 2.05) is 6.92 Å². The molecule has 2 rings (SSSR count). The molecule has 1 N–H and O–H groups in total. The Hall–Kier alpha value is -1.38. The van der Waals surface area contributed by atoms with E-state index in [0.717, 1.165) is 17.7 Å². The van der Waals surface area contributed by atoms with Gasteiger partial charge in [0.25, 0.3) is 0 Å². The number of ketones is 1. The van der Waals surface area contributed by atoms with Crippen LogP contribution in [-0.4, -0.2) is 15.9 Å². The van der Waals surface area contributed by atoms with Gasteiger partial charge in [0.05, 0.1) is 6.20 Å². The molecule has 15 heavy (non-hydrogen) atoms. The maximum Gasteiger partial charge on any atom is 0.134 e. The van der Waals surface area contributed by atoms with E-state index in [1.165, 1.54) is 6.20 Å². The smallest absolute Gasteiger partial charge is 0.134 e. The fourth-order valence-corrected chi connectivity index (χ4v) is 2.39. The summed E-state index contributed by atoms with van der Waals surface area (Å²) in [7, 11) is 0. The Morgan fingerprint density at radius 1 is 1.53 bits per heavy atom. The average molecular weight is 205 g/mol. The van der Waals surface area contributed by atoms with Crippen molar-refractivity contribution in [3.63, 3.8) is 0 Å². The minimum Gasteiger partial charge on any atom is -0.506 e. The number of carbonyl (C=O) groups excluding carboxylic acids is 1. The molecule has 1 heterocycles. The summed E-state index contributed by atoms with van der Waals surface area (Å²) < 4.78 is 0. The highest BCUT2D eigenvalue weighted by Gasteiger charge is 2.44. The van der Waals surface area contributed by atoms with Crippen molar-refractivity contribution in [3.05, 3.63) is 23.5 Å². The largest absolute Gasteiger partial charge is 0.506 e. The van der Waals surface area contributed by atoms with Gasteiger partial charge >= 0.3 is 0 Å². The van der Waals surface area contributed by atoms with E-state index >= 15 is 0 Å². The second kappa shape index (κ2) is 3.33. The predicted molar refractivity (Wildman–Crippen MR) is 56.8 cm³/mol. The van der Waals surface area contributed by atoms with Crippen LogP contribution in [0.4, 0.5) is 0 Å². The number of hydrogen-bond acceptors (Lipinski definition) is 3. The van der Waals surface area contributed by atoms with Crippen molar-refractivity contribution in [3.8, 4) is 5.75 Å². The first kappa shape index (κ1) is 10.1. The molecule has 0 aromatic carbocycles. The Bertz CT molecular complexity index is 404. The van der Waals surface area contributed by atoms with Gasteiger partial charge in [-0.05, 0) is 25.0 Å². The first-order valence-corrected chi connectivity index (χ1v) is 5.25. The topological polar surface area (TPSA) is 50.2 Å². The monoisotopic (exact) mass is 205 g/mol. The minimum absolute atomic E-state index is 0.0626. The number of aromatic nitrogens is 1. The molecule has 3 heteroatoms. The Labute approximate surface area is 89.2 Å². The summed E-state index contributed by atoms with van der Waals surface area (Å²) in [4.78, 5) is 15.3. The molecule has 0 radical (unpaired) electrons. The highest BCUT2D eigenvalue weighted by molar-refractivity contribution is 5.88. The summed E-state index contributed by atoms with van der Waals surface area (Å²) in [5.74, 6) is 0.488. The lowest BCUT2D eigenvalue weighted by Crippen LogP contribution is -2.41. The van der Waals surface area contributed by atoms with E-state index < -0.39 is 0 Å². The Morgan fingerprint density at radius 2 is 2.20 bits per heavy atom. The number of pyridine rings is 1. The molecule has 0 aliphatic heterocycles. The first-order valence-electron chi connectivity index (χ1n) is 5.25. The summed E-state index contributed by atoms with van der Waals surface area (Å²) in [6.07, 6.45) is 3.55. The zero-order valence-electron chi connectivity index (χ0n) is 9.08. The molecule has 1 aromatic rings. The average Bonchev–Trinajstić information content (AvgIpc) is 2.17. The molecule has 1 aromatic heterocycles. The van der Waals surface area contributed by atoms with E-state index in [1.54, 1.807) is 6.07 Å². The SMILES string of the molecule is CCC1(c2cc(O)cnc2C)CC(=O)C1. The molecule has 80 valence electrons. The molecule has 0 amide bonds. The van der Waals surface area contributed by atoms with Crippen LogP contribution in [0.3, 0.4) is 0 Å².